The van der Waals surface area contributed by atoms with Gasteiger partial charge in [-0.15, -0.1) is 11.3 Å². The first-order chi connectivity index (χ1) is 10.8. The molecule has 0 aliphatic carbocycles. The number of nitrogens with zero attached hydrogens (tertiary/aromatic N) is 4. The predicted molar refractivity (Wildman–Crippen MR) is 86.1 cm³/mol. The SMILES string of the molecule is O=C(c1nc2sccn2c1-c1cccnc1)N1CCCCC1. The molecular formula is C16H16N4OS. The van der Waals surface area contributed by atoms with Gasteiger partial charge in [0.1, 0.15) is 0 Å². The van der Waals surface area contributed by atoms with Gasteiger partial charge in [0.25, 0.3) is 5.91 Å². The fraction of sp³-hybridized carbons (Fsp3) is 0.312. The Balaban J connectivity index is 1.83. The largest absolute Gasteiger partial charge is 0.337 e. The van der Waals surface area contributed by atoms with Crippen LogP contribution < -0.4 is 0 Å². The molecule has 0 spiro atoms. The van der Waals surface area contributed by atoms with E-state index < -0.39 is 0 Å². The zero-order valence-electron chi connectivity index (χ0n) is 12.1. The van der Waals surface area contributed by atoms with Gasteiger partial charge in [-0.2, -0.15) is 0 Å². The van der Waals surface area contributed by atoms with Crippen molar-refractivity contribution in [1.29, 1.82) is 0 Å². The van der Waals surface area contributed by atoms with Gasteiger partial charge >= 0.3 is 0 Å². The van der Waals surface area contributed by atoms with Crippen molar-refractivity contribution in [3.8, 4) is 11.3 Å². The van der Waals surface area contributed by atoms with Gasteiger partial charge in [0.15, 0.2) is 10.7 Å². The van der Waals surface area contributed by atoms with Gasteiger partial charge < -0.3 is 4.90 Å². The van der Waals surface area contributed by atoms with Crippen molar-refractivity contribution in [3.05, 3.63) is 41.8 Å². The summed E-state index contributed by atoms with van der Waals surface area (Å²) in [4.78, 5) is 24.4. The topological polar surface area (TPSA) is 50.5 Å². The van der Waals surface area contributed by atoms with Gasteiger partial charge in [0, 0.05) is 42.6 Å². The zero-order valence-corrected chi connectivity index (χ0v) is 12.9. The standard InChI is InChI=1S/C16H16N4OS/c21-15(19-7-2-1-3-8-19)13-14(12-5-4-6-17-11-12)20-9-10-22-16(20)18-13/h4-6,9-11H,1-3,7-8H2. The molecule has 6 heteroatoms. The summed E-state index contributed by atoms with van der Waals surface area (Å²) in [5.74, 6) is 0.0365. The second-order valence-corrected chi connectivity index (χ2v) is 6.33. The first kappa shape index (κ1) is 13.5. The maximum Gasteiger partial charge on any atom is 0.274 e. The molecule has 1 fully saturated rings. The summed E-state index contributed by atoms with van der Waals surface area (Å²) >= 11 is 1.54. The van der Waals surface area contributed by atoms with Gasteiger partial charge in [-0.3, -0.25) is 14.2 Å². The average molecular weight is 312 g/mol. The first-order valence-corrected chi connectivity index (χ1v) is 8.38. The van der Waals surface area contributed by atoms with Crippen LogP contribution in [0.4, 0.5) is 0 Å². The van der Waals surface area contributed by atoms with Crippen LogP contribution in [0.3, 0.4) is 0 Å². The number of carbonyl (C=O) groups excluding carboxylic acids is 1. The number of aromatic nitrogens is 3. The highest BCUT2D eigenvalue weighted by Gasteiger charge is 2.26. The molecule has 22 heavy (non-hydrogen) atoms. The molecule has 1 amide bonds. The van der Waals surface area contributed by atoms with Gasteiger partial charge in [-0.05, 0) is 31.4 Å². The Labute approximate surface area is 132 Å². The smallest absolute Gasteiger partial charge is 0.274 e. The Kier molecular flexibility index (Phi) is 3.38. The van der Waals surface area contributed by atoms with Crippen LogP contribution in [0.1, 0.15) is 29.8 Å². The van der Waals surface area contributed by atoms with Crippen LogP contribution >= 0.6 is 11.3 Å². The molecule has 0 atom stereocenters. The van der Waals surface area contributed by atoms with Crippen LogP contribution in [0.15, 0.2) is 36.1 Å². The summed E-state index contributed by atoms with van der Waals surface area (Å²) in [7, 11) is 0. The molecule has 112 valence electrons. The highest BCUT2D eigenvalue weighted by molar-refractivity contribution is 7.15. The molecular weight excluding hydrogens is 296 g/mol. The summed E-state index contributed by atoms with van der Waals surface area (Å²) < 4.78 is 1.98. The van der Waals surface area contributed by atoms with E-state index in [4.69, 9.17) is 0 Å². The molecule has 1 aliphatic heterocycles. The number of fused-ring (bicyclic) bond motifs is 1. The van der Waals surface area contributed by atoms with Crippen molar-refractivity contribution in [1.82, 2.24) is 19.3 Å². The molecule has 5 nitrogen and oxygen atoms in total. The highest BCUT2D eigenvalue weighted by Crippen LogP contribution is 2.28. The lowest BCUT2D eigenvalue weighted by Crippen LogP contribution is -2.36. The summed E-state index contributed by atoms with van der Waals surface area (Å²) in [6, 6.07) is 3.86. The van der Waals surface area contributed by atoms with E-state index in [-0.39, 0.29) is 5.91 Å². The maximum absolute atomic E-state index is 12.9. The second-order valence-electron chi connectivity index (χ2n) is 5.46. The van der Waals surface area contributed by atoms with E-state index in [1.54, 1.807) is 23.7 Å². The lowest BCUT2D eigenvalue weighted by atomic mass is 10.1. The molecule has 0 bridgehead atoms. The van der Waals surface area contributed by atoms with Gasteiger partial charge in [-0.25, -0.2) is 4.98 Å². The minimum atomic E-state index is 0.0365. The molecule has 0 unspecified atom stereocenters. The fourth-order valence-corrected chi connectivity index (χ4v) is 3.67. The van der Waals surface area contributed by atoms with E-state index in [1.165, 1.54) is 6.42 Å². The van der Waals surface area contributed by atoms with E-state index >= 15 is 0 Å². The normalized spacial score (nSPS) is 15.4. The van der Waals surface area contributed by atoms with E-state index in [0.29, 0.717) is 5.69 Å². The Morgan fingerprint density at radius 3 is 2.86 bits per heavy atom. The Hall–Kier alpha value is -2.21. The van der Waals surface area contributed by atoms with E-state index in [0.717, 1.165) is 42.1 Å². The first-order valence-electron chi connectivity index (χ1n) is 7.50. The minimum absolute atomic E-state index is 0.0365. The number of pyridine rings is 1. The zero-order chi connectivity index (χ0) is 14.9. The van der Waals surface area contributed by atoms with Crippen molar-refractivity contribution >= 4 is 22.2 Å². The predicted octanol–water partition coefficient (Wildman–Crippen LogP) is 3.08. The number of hydrogen-bond acceptors (Lipinski definition) is 4. The number of imidazole rings is 1. The number of likely N-dealkylation sites (tertiary alicyclic amines) is 1. The molecule has 3 aromatic heterocycles. The number of piperidine rings is 1. The third kappa shape index (κ3) is 2.20. The van der Waals surface area contributed by atoms with Crippen molar-refractivity contribution in [2.75, 3.05) is 13.1 Å². The lowest BCUT2D eigenvalue weighted by Gasteiger charge is -2.26. The number of thiazole rings is 1. The molecule has 1 saturated heterocycles. The van der Waals surface area contributed by atoms with Crippen LogP contribution in [0, 0.1) is 0 Å². The summed E-state index contributed by atoms with van der Waals surface area (Å²) in [5.41, 5.74) is 2.32. The third-order valence-electron chi connectivity index (χ3n) is 4.04. The van der Waals surface area contributed by atoms with E-state index in [2.05, 4.69) is 9.97 Å². The maximum atomic E-state index is 12.9. The van der Waals surface area contributed by atoms with Crippen LogP contribution in [0.2, 0.25) is 0 Å². The third-order valence-corrected chi connectivity index (χ3v) is 4.80. The van der Waals surface area contributed by atoms with Crippen molar-refractivity contribution < 1.29 is 4.79 Å². The summed E-state index contributed by atoms with van der Waals surface area (Å²) in [5, 5.41) is 1.98. The van der Waals surface area contributed by atoms with E-state index in [1.807, 2.05) is 33.0 Å². The Bertz CT molecular complexity index is 802. The van der Waals surface area contributed by atoms with Crippen LogP contribution in [-0.4, -0.2) is 38.3 Å². The molecule has 0 radical (unpaired) electrons. The fourth-order valence-electron chi connectivity index (χ4n) is 2.96. The number of rotatable bonds is 2. The lowest BCUT2D eigenvalue weighted by molar-refractivity contribution is 0.0720. The quantitative estimate of drug-likeness (QED) is 0.730. The van der Waals surface area contributed by atoms with Crippen LogP contribution in [0.25, 0.3) is 16.2 Å². The highest BCUT2D eigenvalue weighted by atomic mass is 32.1. The Morgan fingerprint density at radius 1 is 1.23 bits per heavy atom. The Morgan fingerprint density at radius 2 is 2.09 bits per heavy atom. The molecule has 0 aromatic carbocycles. The molecule has 0 N–H and O–H groups in total. The number of hydrogen-bond donors (Lipinski definition) is 0. The summed E-state index contributed by atoms with van der Waals surface area (Å²) in [6.45, 7) is 1.66. The van der Waals surface area contributed by atoms with Gasteiger partial charge in [0.05, 0.1) is 5.69 Å². The monoisotopic (exact) mass is 312 g/mol. The van der Waals surface area contributed by atoms with Crippen molar-refractivity contribution in [2.24, 2.45) is 0 Å². The number of carbonyl (C=O) groups is 1. The van der Waals surface area contributed by atoms with Crippen molar-refractivity contribution in [2.45, 2.75) is 19.3 Å². The summed E-state index contributed by atoms with van der Waals surface area (Å²) in [6.07, 6.45) is 8.85. The van der Waals surface area contributed by atoms with Crippen molar-refractivity contribution in [3.63, 3.8) is 0 Å². The minimum Gasteiger partial charge on any atom is -0.337 e. The molecule has 4 rings (SSSR count). The molecule has 0 saturated carbocycles. The second kappa shape index (κ2) is 5.53. The molecule has 1 aliphatic rings. The van der Waals surface area contributed by atoms with Gasteiger partial charge in [0.2, 0.25) is 0 Å². The van der Waals surface area contributed by atoms with Crippen LogP contribution in [-0.2, 0) is 0 Å². The van der Waals surface area contributed by atoms with Gasteiger partial charge in [-0.1, -0.05) is 0 Å². The molecule has 3 aromatic rings. The average Bonchev–Trinajstić information content (AvgIpc) is 3.16. The molecule has 4 heterocycles. The van der Waals surface area contributed by atoms with E-state index in [9.17, 15) is 4.79 Å². The number of amides is 1. The van der Waals surface area contributed by atoms with Crippen LogP contribution in [0.5, 0.6) is 0 Å².